The van der Waals surface area contributed by atoms with Gasteiger partial charge in [0.05, 0.1) is 12.8 Å². The molecule has 1 atom stereocenters. The molecule has 5 heteroatoms. The molecule has 1 amide bonds. The van der Waals surface area contributed by atoms with E-state index in [1.807, 2.05) is 45.9 Å². The normalized spacial score (nSPS) is 11.8. The van der Waals surface area contributed by atoms with Crippen molar-refractivity contribution in [1.82, 2.24) is 0 Å². The van der Waals surface area contributed by atoms with E-state index in [1.165, 1.54) is 5.56 Å². The van der Waals surface area contributed by atoms with Crippen molar-refractivity contribution in [2.45, 2.75) is 33.7 Å². The summed E-state index contributed by atoms with van der Waals surface area (Å²) < 4.78 is 5.29. The summed E-state index contributed by atoms with van der Waals surface area (Å²) in [6, 6.07) is 9.20. The van der Waals surface area contributed by atoms with Gasteiger partial charge in [-0.1, -0.05) is 29.3 Å². The highest BCUT2D eigenvalue weighted by molar-refractivity contribution is 6.31. The second kappa shape index (κ2) is 7.58. The second-order valence-electron chi connectivity index (χ2n) is 5.98. The Bertz CT molecular complexity index is 759. The molecular weight excluding hydrogens is 324 g/mol. The third kappa shape index (κ3) is 4.20. The number of aryl methyl sites for hydroxylation is 3. The van der Waals surface area contributed by atoms with E-state index in [0.29, 0.717) is 16.5 Å². The van der Waals surface area contributed by atoms with E-state index < -0.39 is 6.04 Å². The lowest BCUT2D eigenvalue weighted by molar-refractivity contribution is -0.116. The highest BCUT2D eigenvalue weighted by Gasteiger charge is 2.16. The van der Waals surface area contributed by atoms with Gasteiger partial charge in [0.15, 0.2) is 0 Å². The van der Waals surface area contributed by atoms with Gasteiger partial charge in [0, 0.05) is 16.8 Å². The van der Waals surface area contributed by atoms with Gasteiger partial charge in [-0.25, -0.2) is 0 Å². The highest BCUT2D eigenvalue weighted by atomic mass is 35.5. The summed E-state index contributed by atoms with van der Waals surface area (Å²) in [4.78, 5) is 12.5. The Kier molecular flexibility index (Phi) is 5.73. The Balaban J connectivity index is 2.13. The van der Waals surface area contributed by atoms with Crippen molar-refractivity contribution in [2.24, 2.45) is 0 Å². The molecule has 0 aliphatic carbocycles. The van der Waals surface area contributed by atoms with Crippen LogP contribution in [0, 0.1) is 20.8 Å². The monoisotopic (exact) mass is 346 g/mol. The molecule has 128 valence electrons. The van der Waals surface area contributed by atoms with Crippen LogP contribution in [0.25, 0.3) is 0 Å². The molecule has 24 heavy (non-hydrogen) atoms. The first-order valence-corrected chi connectivity index (χ1v) is 8.18. The molecule has 0 fully saturated rings. The third-order valence-electron chi connectivity index (χ3n) is 3.89. The van der Waals surface area contributed by atoms with Crippen LogP contribution in [0.2, 0.25) is 5.02 Å². The van der Waals surface area contributed by atoms with Crippen molar-refractivity contribution in [2.75, 3.05) is 17.7 Å². The number of nitrogens with one attached hydrogen (secondary N) is 2. The van der Waals surface area contributed by atoms with Gasteiger partial charge in [0.2, 0.25) is 5.91 Å². The number of anilines is 2. The summed E-state index contributed by atoms with van der Waals surface area (Å²) >= 11 is 6.10. The first kappa shape index (κ1) is 18.1. The van der Waals surface area contributed by atoms with Crippen molar-refractivity contribution >= 4 is 28.9 Å². The Morgan fingerprint density at radius 2 is 1.79 bits per heavy atom. The number of hydrogen-bond donors (Lipinski definition) is 2. The van der Waals surface area contributed by atoms with Crippen LogP contribution in [-0.4, -0.2) is 19.1 Å². The number of ether oxygens (including phenoxy) is 1. The smallest absolute Gasteiger partial charge is 0.246 e. The minimum atomic E-state index is -0.396. The number of amides is 1. The molecule has 2 aromatic rings. The van der Waals surface area contributed by atoms with Crippen LogP contribution in [0.3, 0.4) is 0 Å². The molecule has 0 heterocycles. The SMILES string of the molecule is COc1cc(Cl)c(C)cc1NC(=O)[C@@H](C)Nc1ccc(C)cc1C. The highest BCUT2D eigenvalue weighted by Crippen LogP contribution is 2.31. The van der Waals surface area contributed by atoms with Crippen molar-refractivity contribution < 1.29 is 9.53 Å². The van der Waals surface area contributed by atoms with Gasteiger partial charge >= 0.3 is 0 Å². The molecule has 0 bridgehead atoms. The molecule has 4 nitrogen and oxygen atoms in total. The minimum Gasteiger partial charge on any atom is -0.495 e. The van der Waals surface area contributed by atoms with Crippen molar-refractivity contribution in [3.05, 3.63) is 52.0 Å². The molecule has 0 saturated heterocycles. The van der Waals surface area contributed by atoms with E-state index in [0.717, 1.165) is 16.8 Å². The average Bonchev–Trinajstić information content (AvgIpc) is 2.53. The quantitative estimate of drug-likeness (QED) is 0.824. The molecule has 0 unspecified atom stereocenters. The summed E-state index contributed by atoms with van der Waals surface area (Å²) in [5.74, 6) is 0.396. The molecule has 0 radical (unpaired) electrons. The van der Waals surface area contributed by atoms with Gasteiger partial charge in [-0.2, -0.15) is 0 Å². The fourth-order valence-corrected chi connectivity index (χ4v) is 2.60. The summed E-state index contributed by atoms with van der Waals surface area (Å²) in [5.41, 5.74) is 4.73. The lowest BCUT2D eigenvalue weighted by atomic mass is 10.1. The average molecular weight is 347 g/mol. The molecule has 0 aliphatic rings. The fourth-order valence-electron chi connectivity index (χ4n) is 2.45. The number of hydrogen-bond acceptors (Lipinski definition) is 3. The molecule has 2 rings (SSSR count). The van der Waals surface area contributed by atoms with Gasteiger partial charge in [-0.05, 0) is 51.0 Å². The predicted octanol–water partition coefficient (Wildman–Crippen LogP) is 4.71. The van der Waals surface area contributed by atoms with Gasteiger partial charge in [0.25, 0.3) is 0 Å². The van der Waals surface area contributed by atoms with E-state index in [-0.39, 0.29) is 5.91 Å². The zero-order chi connectivity index (χ0) is 17.9. The lowest BCUT2D eigenvalue weighted by Gasteiger charge is -2.18. The molecule has 2 aromatic carbocycles. The van der Waals surface area contributed by atoms with Gasteiger partial charge < -0.3 is 15.4 Å². The molecule has 0 aliphatic heterocycles. The van der Waals surface area contributed by atoms with Crippen molar-refractivity contribution in [1.29, 1.82) is 0 Å². The Labute approximate surface area is 148 Å². The second-order valence-corrected chi connectivity index (χ2v) is 6.38. The largest absolute Gasteiger partial charge is 0.495 e. The fraction of sp³-hybridized carbons (Fsp3) is 0.316. The number of halogens is 1. The van der Waals surface area contributed by atoms with E-state index in [2.05, 4.69) is 16.7 Å². The van der Waals surface area contributed by atoms with Crippen LogP contribution in [0.5, 0.6) is 5.75 Å². The Hall–Kier alpha value is -2.20. The van der Waals surface area contributed by atoms with Crippen LogP contribution in [0.15, 0.2) is 30.3 Å². The zero-order valence-corrected chi connectivity index (χ0v) is 15.4. The predicted molar refractivity (Wildman–Crippen MR) is 100 cm³/mol. The minimum absolute atomic E-state index is 0.144. The van der Waals surface area contributed by atoms with E-state index in [1.54, 1.807) is 13.2 Å². The summed E-state index contributed by atoms with van der Waals surface area (Å²) in [6.45, 7) is 7.77. The Morgan fingerprint density at radius 1 is 1.08 bits per heavy atom. The van der Waals surface area contributed by atoms with E-state index >= 15 is 0 Å². The number of rotatable bonds is 5. The first-order valence-electron chi connectivity index (χ1n) is 7.80. The van der Waals surface area contributed by atoms with Gasteiger partial charge in [-0.15, -0.1) is 0 Å². The maximum absolute atomic E-state index is 12.5. The van der Waals surface area contributed by atoms with Crippen molar-refractivity contribution in [3.63, 3.8) is 0 Å². The lowest BCUT2D eigenvalue weighted by Crippen LogP contribution is -2.32. The molecular formula is C19H23ClN2O2. The zero-order valence-electron chi connectivity index (χ0n) is 14.7. The van der Waals surface area contributed by atoms with Crippen LogP contribution in [0.1, 0.15) is 23.6 Å². The number of carbonyl (C=O) groups excluding carboxylic acids is 1. The number of carbonyl (C=O) groups is 1. The number of benzene rings is 2. The van der Waals surface area contributed by atoms with Crippen molar-refractivity contribution in [3.8, 4) is 5.75 Å². The molecule has 0 saturated carbocycles. The summed E-state index contributed by atoms with van der Waals surface area (Å²) in [7, 11) is 1.55. The van der Waals surface area contributed by atoms with Crippen LogP contribution in [0.4, 0.5) is 11.4 Å². The first-order chi connectivity index (χ1) is 11.3. The van der Waals surface area contributed by atoms with Gasteiger partial charge in [0.1, 0.15) is 11.8 Å². The molecule has 0 spiro atoms. The molecule has 2 N–H and O–H groups in total. The number of methoxy groups -OCH3 is 1. The summed E-state index contributed by atoms with van der Waals surface area (Å²) in [5, 5.41) is 6.74. The standard InChI is InChI=1S/C19H23ClN2O2/c1-11-6-7-16(13(3)8-11)21-14(4)19(23)22-17-9-12(2)15(20)10-18(17)24-5/h6-10,14,21H,1-5H3,(H,22,23)/t14-/m1/s1. The molecule has 0 aromatic heterocycles. The third-order valence-corrected chi connectivity index (χ3v) is 4.29. The van der Waals surface area contributed by atoms with Crippen LogP contribution in [-0.2, 0) is 4.79 Å². The van der Waals surface area contributed by atoms with E-state index in [4.69, 9.17) is 16.3 Å². The van der Waals surface area contributed by atoms with Crippen LogP contribution < -0.4 is 15.4 Å². The van der Waals surface area contributed by atoms with E-state index in [9.17, 15) is 4.79 Å². The van der Waals surface area contributed by atoms with Crippen LogP contribution >= 0.6 is 11.6 Å². The summed E-state index contributed by atoms with van der Waals surface area (Å²) in [6.07, 6.45) is 0. The topological polar surface area (TPSA) is 50.4 Å². The Morgan fingerprint density at radius 3 is 2.42 bits per heavy atom. The van der Waals surface area contributed by atoms with Gasteiger partial charge in [-0.3, -0.25) is 4.79 Å². The maximum Gasteiger partial charge on any atom is 0.246 e. The maximum atomic E-state index is 12.5.